The molecule has 0 fully saturated rings. The molecule has 0 saturated heterocycles. The summed E-state index contributed by atoms with van der Waals surface area (Å²) in [6, 6.07) is 15.6. The van der Waals surface area contributed by atoms with Gasteiger partial charge in [0.25, 0.3) is 0 Å². The van der Waals surface area contributed by atoms with E-state index in [4.69, 9.17) is 0 Å². The third-order valence-electron chi connectivity index (χ3n) is 3.94. The van der Waals surface area contributed by atoms with Crippen molar-refractivity contribution >= 4 is 11.9 Å². The van der Waals surface area contributed by atoms with Crippen molar-refractivity contribution in [3.8, 4) is 17.1 Å². The van der Waals surface area contributed by atoms with Crippen LogP contribution >= 0.6 is 0 Å². The molecule has 3 N–H and O–H groups in total. The molecule has 1 aliphatic heterocycles. The molecule has 1 aliphatic rings. The van der Waals surface area contributed by atoms with E-state index in [9.17, 15) is 15.0 Å². The smallest absolute Gasteiger partial charge is 0.352 e. The van der Waals surface area contributed by atoms with Crippen molar-refractivity contribution in [2.75, 3.05) is 5.32 Å². The number of carboxylic acids is 1. The number of hydrogen-bond donors (Lipinski definition) is 3. The second kappa shape index (κ2) is 5.79. The van der Waals surface area contributed by atoms with Gasteiger partial charge in [0, 0.05) is 5.56 Å². The Morgan fingerprint density at radius 2 is 1.92 bits per heavy atom. The van der Waals surface area contributed by atoms with Crippen LogP contribution in [0, 0.1) is 0 Å². The molecule has 0 amide bonds. The van der Waals surface area contributed by atoms with Crippen LogP contribution in [0.4, 0.5) is 5.95 Å². The Labute approximate surface area is 142 Å². The number of rotatable bonds is 3. The molecule has 0 spiro atoms. The predicted octanol–water partition coefficient (Wildman–Crippen LogP) is 2.63. The number of nitrogens with zero attached hydrogens (tertiary/aromatic N) is 3. The molecule has 4 rings (SSSR count). The van der Waals surface area contributed by atoms with E-state index >= 15 is 0 Å². The highest BCUT2D eigenvalue weighted by atomic mass is 16.4. The topological polar surface area (TPSA) is 100 Å². The van der Waals surface area contributed by atoms with Crippen molar-refractivity contribution in [2.45, 2.75) is 6.04 Å². The molecular formula is C18H14N4O3. The van der Waals surface area contributed by atoms with Crippen molar-refractivity contribution in [3.05, 3.63) is 71.9 Å². The van der Waals surface area contributed by atoms with Gasteiger partial charge in [-0.15, -0.1) is 5.10 Å². The molecule has 2 aromatic carbocycles. The van der Waals surface area contributed by atoms with Gasteiger partial charge in [-0.3, -0.25) is 0 Å². The van der Waals surface area contributed by atoms with Crippen LogP contribution in [0.3, 0.4) is 0 Å². The molecule has 0 bridgehead atoms. The van der Waals surface area contributed by atoms with Gasteiger partial charge in [-0.1, -0.05) is 42.5 Å². The van der Waals surface area contributed by atoms with Crippen molar-refractivity contribution in [3.63, 3.8) is 0 Å². The molecule has 0 radical (unpaired) electrons. The number of fused-ring (bicyclic) bond motifs is 1. The number of anilines is 1. The number of nitrogens with one attached hydrogen (secondary N) is 1. The summed E-state index contributed by atoms with van der Waals surface area (Å²) in [7, 11) is 0. The number of carboxylic acid groups (broad SMARTS) is 1. The van der Waals surface area contributed by atoms with Crippen LogP contribution in [-0.4, -0.2) is 30.9 Å². The first kappa shape index (κ1) is 14.9. The lowest BCUT2D eigenvalue weighted by atomic mass is 10.0. The highest BCUT2D eigenvalue weighted by molar-refractivity contribution is 5.90. The van der Waals surface area contributed by atoms with Gasteiger partial charge in [-0.2, -0.15) is 4.98 Å². The molecule has 7 heteroatoms. The van der Waals surface area contributed by atoms with Crippen LogP contribution in [0.15, 0.2) is 66.4 Å². The summed E-state index contributed by atoms with van der Waals surface area (Å²) in [5.41, 5.74) is 1.57. The van der Waals surface area contributed by atoms with E-state index < -0.39 is 12.0 Å². The van der Waals surface area contributed by atoms with E-state index in [1.165, 1.54) is 0 Å². The number of phenolic OH excluding ortho intramolecular Hbond substituents is 1. The summed E-state index contributed by atoms with van der Waals surface area (Å²) in [6.07, 6.45) is 1.55. The minimum atomic E-state index is -1.08. The Kier molecular flexibility index (Phi) is 3.46. The molecule has 25 heavy (non-hydrogen) atoms. The number of carbonyl (C=O) groups is 1. The fourth-order valence-electron chi connectivity index (χ4n) is 2.77. The summed E-state index contributed by atoms with van der Waals surface area (Å²) in [4.78, 5) is 15.9. The molecule has 7 nitrogen and oxygen atoms in total. The SMILES string of the molecule is O=C(O)C1=CC(c2cccc(O)c2)n2nc(-c3ccccc3)nc2N1. The number of aromatic hydroxyl groups is 1. The van der Waals surface area contributed by atoms with Gasteiger partial charge >= 0.3 is 5.97 Å². The maximum absolute atomic E-state index is 11.4. The van der Waals surface area contributed by atoms with Crippen LogP contribution in [0.1, 0.15) is 11.6 Å². The minimum Gasteiger partial charge on any atom is -0.508 e. The van der Waals surface area contributed by atoms with Gasteiger partial charge in [-0.05, 0) is 23.8 Å². The number of hydrogen-bond acceptors (Lipinski definition) is 5. The van der Waals surface area contributed by atoms with Crippen molar-refractivity contribution in [2.24, 2.45) is 0 Å². The van der Waals surface area contributed by atoms with E-state index in [0.717, 1.165) is 5.56 Å². The monoisotopic (exact) mass is 334 g/mol. The first-order chi connectivity index (χ1) is 12.1. The van der Waals surface area contributed by atoms with Gasteiger partial charge in [0.05, 0.1) is 0 Å². The molecule has 1 aromatic heterocycles. The summed E-state index contributed by atoms with van der Waals surface area (Å²) in [5.74, 6) is -0.146. The lowest BCUT2D eigenvalue weighted by Gasteiger charge is -2.22. The summed E-state index contributed by atoms with van der Waals surface area (Å²) < 4.78 is 1.61. The van der Waals surface area contributed by atoms with E-state index in [2.05, 4.69) is 15.4 Å². The molecule has 3 aromatic rings. The van der Waals surface area contributed by atoms with Gasteiger partial charge in [0.15, 0.2) is 5.82 Å². The van der Waals surface area contributed by atoms with Crippen molar-refractivity contribution in [1.29, 1.82) is 0 Å². The minimum absolute atomic E-state index is 0.0212. The normalized spacial score (nSPS) is 15.8. The first-order valence-electron chi connectivity index (χ1n) is 7.65. The van der Waals surface area contributed by atoms with E-state index in [-0.39, 0.29) is 11.4 Å². The van der Waals surface area contributed by atoms with Crippen molar-refractivity contribution in [1.82, 2.24) is 14.8 Å². The van der Waals surface area contributed by atoms with Gasteiger partial charge in [-0.25, -0.2) is 9.48 Å². The fourth-order valence-corrected chi connectivity index (χ4v) is 2.77. The maximum atomic E-state index is 11.4. The van der Waals surface area contributed by atoms with Crippen LogP contribution < -0.4 is 5.32 Å². The van der Waals surface area contributed by atoms with Crippen LogP contribution in [0.5, 0.6) is 5.75 Å². The zero-order chi connectivity index (χ0) is 17.4. The summed E-state index contributed by atoms with van der Waals surface area (Å²) in [6.45, 7) is 0. The highest BCUT2D eigenvalue weighted by Gasteiger charge is 2.27. The first-order valence-corrected chi connectivity index (χ1v) is 7.65. The lowest BCUT2D eigenvalue weighted by molar-refractivity contribution is -0.132. The Morgan fingerprint density at radius 3 is 2.64 bits per heavy atom. The maximum Gasteiger partial charge on any atom is 0.352 e. The third kappa shape index (κ3) is 2.72. The molecule has 1 atom stereocenters. The predicted molar refractivity (Wildman–Crippen MR) is 91.0 cm³/mol. The van der Waals surface area contributed by atoms with E-state index in [0.29, 0.717) is 17.3 Å². The highest BCUT2D eigenvalue weighted by Crippen LogP contribution is 2.32. The third-order valence-corrected chi connectivity index (χ3v) is 3.94. The van der Waals surface area contributed by atoms with Crippen LogP contribution in [0.25, 0.3) is 11.4 Å². The average Bonchev–Trinajstić information content (AvgIpc) is 3.05. The number of benzene rings is 2. The number of allylic oxidation sites excluding steroid dienone is 1. The average molecular weight is 334 g/mol. The Balaban J connectivity index is 1.84. The molecule has 1 unspecified atom stereocenters. The van der Waals surface area contributed by atoms with Gasteiger partial charge in [0.2, 0.25) is 5.95 Å². The van der Waals surface area contributed by atoms with Gasteiger partial charge < -0.3 is 15.5 Å². The molecule has 0 saturated carbocycles. The zero-order valence-corrected chi connectivity index (χ0v) is 13.0. The van der Waals surface area contributed by atoms with Crippen LogP contribution in [0.2, 0.25) is 0 Å². The Hall–Kier alpha value is -3.61. The van der Waals surface area contributed by atoms with Gasteiger partial charge in [0.1, 0.15) is 17.5 Å². The van der Waals surface area contributed by atoms with Crippen LogP contribution in [-0.2, 0) is 4.79 Å². The quantitative estimate of drug-likeness (QED) is 0.681. The molecule has 0 aliphatic carbocycles. The zero-order valence-electron chi connectivity index (χ0n) is 13.0. The number of aliphatic carboxylic acids is 1. The summed E-state index contributed by atoms with van der Waals surface area (Å²) in [5, 5.41) is 26.4. The molecule has 2 heterocycles. The summed E-state index contributed by atoms with van der Waals surface area (Å²) >= 11 is 0. The second-order valence-electron chi connectivity index (χ2n) is 5.62. The Morgan fingerprint density at radius 1 is 1.12 bits per heavy atom. The second-order valence-corrected chi connectivity index (χ2v) is 5.62. The van der Waals surface area contributed by atoms with E-state index in [1.807, 2.05) is 30.3 Å². The Bertz CT molecular complexity index is 979. The lowest BCUT2D eigenvalue weighted by Crippen LogP contribution is -2.24. The standard InChI is InChI=1S/C18H14N4O3/c23-13-8-4-7-12(9-13)15-10-14(17(24)25)19-18-20-16(21-22(15)18)11-5-2-1-3-6-11/h1-10,15,23H,(H,24,25)(H,19,20,21). The number of phenols is 1. The van der Waals surface area contributed by atoms with E-state index in [1.54, 1.807) is 35.0 Å². The van der Waals surface area contributed by atoms with Crippen molar-refractivity contribution < 1.29 is 15.0 Å². The molecular weight excluding hydrogens is 320 g/mol. The fraction of sp³-hybridized carbons (Fsp3) is 0.0556. The largest absolute Gasteiger partial charge is 0.508 e. The number of aromatic nitrogens is 3. The molecule has 124 valence electrons.